The highest BCUT2D eigenvalue weighted by Gasteiger charge is 2.28. The van der Waals surface area contributed by atoms with Crippen molar-refractivity contribution in [2.75, 3.05) is 38.1 Å². The summed E-state index contributed by atoms with van der Waals surface area (Å²) >= 11 is 0. The fourth-order valence-electron chi connectivity index (χ4n) is 4.65. The number of amides is 1. The van der Waals surface area contributed by atoms with E-state index in [0.29, 0.717) is 11.8 Å². The Hall–Kier alpha value is -1.81. The number of nitrogens with zero attached hydrogens (tertiary/aromatic N) is 3. The number of hydrogen-bond acceptors (Lipinski definition) is 3. The van der Waals surface area contributed by atoms with Crippen LogP contribution in [0.2, 0.25) is 0 Å². The van der Waals surface area contributed by atoms with Crippen LogP contribution in [0.3, 0.4) is 0 Å². The van der Waals surface area contributed by atoms with E-state index in [1.54, 1.807) is 0 Å². The maximum Gasteiger partial charge on any atom is 0.250 e. The lowest BCUT2D eigenvalue weighted by Gasteiger charge is -2.34. The van der Waals surface area contributed by atoms with Gasteiger partial charge in [0.05, 0.1) is 0 Å². The van der Waals surface area contributed by atoms with Crippen LogP contribution in [0.25, 0.3) is 0 Å². The maximum atomic E-state index is 13.1. The number of piperazine rings is 1. The van der Waals surface area contributed by atoms with Crippen molar-refractivity contribution in [1.82, 2.24) is 9.80 Å². The second-order valence-corrected chi connectivity index (χ2v) is 8.90. The zero-order valence-electron chi connectivity index (χ0n) is 17.1. The van der Waals surface area contributed by atoms with Crippen molar-refractivity contribution in [3.05, 3.63) is 41.0 Å². The average molecular weight is 368 g/mol. The highest BCUT2D eigenvalue weighted by atomic mass is 16.2. The Balaban J connectivity index is 1.45. The van der Waals surface area contributed by atoms with Crippen molar-refractivity contribution in [3.63, 3.8) is 0 Å². The number of anilines is 1. The van der Waals surface area contributed by atoms with E-state index >= 15 is 0 Å². The highest BCUT2D eigenvalue weighted by Crippen LogP contribution is 2.33. The lowest BCUT2D eigenvalue weighted by molar-refractivity contribution is -0.128. The van der Waals surface area contributed by atoms with E-state index in [0.717, 1.165) is 57.7 Å². The number of carbonyl (C=O) groups is 1. The fourth-order valence-corrected chi connectivity index (χ4v) is 4.65. The van der Waals surface area contributed by atoms with Crippen molar-refractivity contribution >= 4 is 11.6 Å². The van der Waals surface area contributed by atoms with Gasteiger partial charge in [-0.25, -0.2) is 0 Å². The molecule has 1 aliphatic carbocycles. The second kappa shape index (κ2) is 7.67. The number of carbonyl (C=O) groups excluding carboxylic acids is 1. The van der Waals surface area contributed by atoms with Gasteiger partial charge in [-0.2, -0.15) is 0 Å². The number of likely N-dealkylation sites (N-methyl/N-ethyl adjacent to an activating group) is 1. The lowest BCUT2D eigenvalue weighted by Crippen LogP contribution is -2.44. The maximum absolute atomic E-state index is 13.1. The minimum atomic E-state index is 0.262. The summed E-state index contributed by atoms with van der Waals surface area (Å²) in [4.78, 5) is 20.0. The summed E-state index contributed by atoms with van der Waals surface area (Å²) in [5, 5.41) is 0. The SMILES string of the molecule is CC(C)C1C=C(C(=O)N2Cc3ccc(N4CCN(C)CC4)cc3C2)CCC1. The van der Waals surface area contributed by atoms with Gasteiger partial charge in [-0.1, -0.05) is 26.0 Å². The summed E-state index contributed by atoms with van der Waals surface area (Å²) in [5.74, 6) is 1.44. The molecule has 0 bridgehead atoms. The van der Waals surface area contributed by atoms with Gasteiger partial charge in [0.15, 0.2) is 0 Å². The minimum absolute atomic E-state index is 0.262. The molecular weight excluding hydrogens is 334 g/mol. The molecule has 0 N–H and O–H groups in total. The topological polar surface area (TPSA) is 26.8 Å². The fraction of sp³-hybridized carbons (Fsp3) is 0.609. The van der Waals surface area contributed by atoms with Crippen LogP contribution in [0.5, 0.6) is 0 Å². The van der Waals surface area contributed by atoms with Crippen LogP contribution in [-0.2, 0) is 17.9 Å². The quantitative estimate of drug-likeness (QED) is 0.816. The smallest absolute Gasteiger partial charge is 0.250 e. The standard InChI is InChI=1S/C23H33N3O/c1-17(2)18-5-4-6-19(13-18)23(27)26-15-20-7-8-22(14-21(20)16-26)25-11-9-24(3)10-12-25/h7-8,13-14,17-18H,4-6,9-12,15-16H2,1-3H3. The molecule has 4 nitrogen and oxygen atoms in total. The van der Waals surface area contributed by atoms with Gasteiger partial charge in [-0.05, 0) is 61.4 Å². The Morgan fingerprint density at radius 2 is 1.81 bits per heavy atom. The predicted molar refractivity (Wildman–Crippen MR) is 111 cm³/mol. The molecule has 1 atom stereocenters. The van der Waals surface area contributed by atoms with Crippen LogP contribution in [0.4, 0.5) is 5.69 Å². The first-order valence-corrected chi connectivity index (χ1v) is 10.6. The third kappa shape index (κ3) is 3.91. The van der Waals surface area contributed by atoms with E-state index in [4.69, 9.17) is 0 Å². The normalized spacial score (nSPS) is 23.6. The van der Waals surface area contributed by atoms with E-state index in [2.05, 4.69) is 55.0 Å². The van der Waals surface area contributed by atoms with Gasteiger partial charge in [0.2, 0.25) is 5.91 Å². The molecule has 4 rings (SSSR count). The van der Waals surface area contributed by atoms with Crippen LogP contribution in [0.1, 0.15) is 44.2 Å². The monoisotopic (exact) mass is 367 g/mol. The third-order valence-corrected chi connectivity index (χ3v) is 6.60. The molecule has 146 valence electrons. The number of rotatable bonds is 3. The van der Waals surface area contributed by atoms with Gasteiger partial charge in [0.1, 0.15) is 0 Å². The van der Waals surface area contributed by atoms with Crippen LogP contribution < -0.4 is 4.90 Å². The third-order valence-electron chi connectivity index (χ3n) is 6.60. The first-order chi connectivity index (χ1) is 13.0. The lowest BCUT2D eigenvalue weighted by atomic mass is 9.83. The average Bonchev–Trinajstić information content (AvgIpc) is 3.11. The molecule has 1 aromatic rings. The zero-order chi connectivity index (χ0) is 19.0. The van der Waals surface area contributed by atoms with E-state index < -0.39 is 0 Å². The molecule has 1 fully saturated rings. The Morgan fingerprint density at radius 3 is 2.56 bits per heavy atom. The summed E-state index contributed by atoms with van der Waals surface area (Å²) in [6, 6.07) is 6.80. The first kappa shape index (κ1) is 18.5. The predicted octanol–water partition coefficient (Wildman–Crippen LogP) is 3.66. The van der Waals surface area contributed by atoms with Crippen LogP contribution in [-0.4, -0.2) is 48.9 Å². The summed E-state index contributed by atoms with van der Waals surface area (Å²) in [7, 11) is 2.19. The van der Waals surface area contributed by atoms with Gasteiger partial charge in [0, 0.05) is 50.5 Å². The Kier molecular flexibility index (Phi) is 5.27. The highest BCUT2D eigenvalue weighted by molar-refractivity contribution is 5.94. The van der Waals surface area contributed by atoms with Gasteiger partial charge >= 0.3 is 0 Å². The van der Waals surface area contributed by atoms with E-state index in [1.807, 2.05) is 4.90 Å². The molecule has 0 radical (unpaired) electrons. The number of hydrogen-bond donors (Lipinski definition) is 0. The molecule has 1 amide bonds. The molecular formula is C23H33N3O. The summed E-state index contributed by atoms with van der Waals surface area (Å²) < 4.78 is 0. The Labute approximate surface area is 163 Å². The molecule has 2 aliphatic heterocycles. The van der Waals surface area contributed by atoms with Crippen molar-refractivity contribution in [1.29, 1.82) is 0 Å². The summed E-state index contributed by atoms with van der Waals surface area (Å²) in [5.41, 5.74) is 5.01. The molecule has 1 saturated heterocycles. The number of fused-ring (bicyclic) bond motifs is 1. The summed E-state index contributed by atoms with van der Waals surface area (Å²) in [6.45, 7) is 10.5. The van der Waals surface area contributed by atoms with Crippen molar-refractivity contribution in [2.45, 2.75) is 46.2 Å². The molecule has 0 aromatic heterocycles. The Bertz CT molecular complexity index is 731. The molecule has 0 spiro atoms. The summed E-state index contributed by atoms with van der Waals surface area (Å²) in [6.07, 6.45) is 5.59. The zero-order valence-corrected chi connectivity index (χ0v) is 17.1. The molecule has 3 aliphatic rings. The molecule has 0 saturated carbocycles. The van der Waals surface area contributed by atoms with Crippen LogP contribution in [0, 0.1) is 11.8 Å². The van der Waals surface area contributed by atoms with Crippen LogP contribution >= 0.6 is 0 Å². The van der Waals surface area contributed by atoms with E-state index in [1.165, 1.54) is 23.2 Å². The van der Waals surface area contributed by atoms with Crippen molar-refractivity contribution < 1.29 is 4.79 Å². The first-order valence-electron chi connectivity index (χ1n) is 10.6. The largest absolute Gasteiger partial charge is 0.369 e. The van der Waals surface area contributed by atoms with Gasteiger partial charge in [-0.15, -0.1) is 0 Å². The molecule has 27 heavy (non-hydrogen) atoms. The molecule has 1 aromatic carbocycles. The molecule has 2 heterocycles. The Morgan fingerprint density at radius 1 is 1.07 bits per heavy atom. The van der Waals surface area contributed by atoms with Crippen molar-refractivity contribution in [3.8, 4) is 0 Å². The second-order valence-electron chi connectivity index (χ2n) is 8.90. The number of benzene rings is 1. The van der Waals surface area contributed by atoms with Crippen molar-refractivity contribution in [2.24, 2.45) is 11.8 Å². The molecule has 1 unspecified atom stereocenters. The van der Waals surface area contributed by atoms with Gasteiger partial charge < -0.3 is 14.7 Å². The van der Waals surface area contributed by atoms with E-state index in [-0.39, 0.29) is 5.91 Å². The minimum Gasteiger partial charge on any atom is -0.369 e. The van der Waals surface area contributed by atoms with Crippen LogP contribution in [0.15, 0.2) is 29.8 Å². The van der Waals surface area contributed by atoms with Gasteiger partial charge in [-0.3, -0.25) is 4.79 Å². The van der Waals surface area contributed by atoms with E-state index in [9.17, 15) is 4.79 Å². The van der Waals surface area contributed by atoms with Gasteiger partial charge in [0.25, 0.3) is 0 Å². The number of allylic oxidation sites excluding steroid dienone is 1. The molecule has 4 heteroatoms.